The molecule has 2 aromatic heterocycles. The fraction of sp³-hybridized carbons (Fsp3) is 0.400. The molecular weight excluding hydrogens is 326 g/mol. The molecule has 0 spiro atoms. The number of piperidine rings is 1. The van der Waals surface area contributed by atoms with Gasteiger partial charge in [0.25, 0.3) is 6.01 Å². The second-order valence-electron chi connectivity index (χ2n) is 7.18. The maximum atomic E-state index is 6.12. The zero-order valence-electron chi connectivity index (χ0n) is 15.0. The fourth-order valence-electron chi connectivity index (χ4n) is 4.07. The van der Waals surface area contributed by atoms with E-state index in [1.165, 1.54) is 25.9 Å². The van der Waals surface area contributed by atoms with Crippen LogP contribution >= 0.6 is 0 Å². The molecule has 1 aromatic carbocycles. The number of rotatable bonds is 3. The van der Waals surface area contributed by atoms with E-state index in [9.17, 15) is 0 Å². The number of benzene rings is 1. The van der Waals surface area contributed by atoms with E-state index < -0.39 is 0 Å². The minimum Gasteiger partial charge on any atom is -0.423 e. The fourth-order valence-corrected chi connectivity index (χ4v) is 4.07. The molecule has 0 amide bonds. The molecule has 0 aliphatic carbocycles. The van der Waals surface area contributed by atoms with Crippen molar-refractivity contribution in [2.45, 2.75) is 18.9 Å². The normalized spacial score (nSPS) is 22.6. The van der Waals surface area contributed by atoms with Crippen LogP contribution in [-0.4, -0.2) is 54.1 Å². The first-order chi connectivity index (χ1) is 12.8. The van der Waals surface area contributed by atoms with Crippen molar-refractivity contribution in [3.63, 3.8) is 0 Å². The van der Waals surface area contributed by atoms with Gasteiger partial charge in [-0.05, 0) is 43.2 Å². The van der Waals surface area contributed by atoms with Gasteiger partial charge in [-0.3, -0.25) is 4.98 Å². The molecule has 3 fully saturated rings. The van der Waals surface area contributed by atoms with Crippen molar-refractivity contribution >= 4 is 28.5 Å². The number of hydrogen-bond acceptors (Lipinski definition) is 6. The molecule has 3 aliphatic heterocycles. The van der Waals surface area contributed by atoms with Crippen LogP contribution in [-0.2, 0) is 0 Å². The lowest BCUT2D eigenvalue weighted by molar-refractivity contribution is 0.249. The number of anilines is 3. The predicted octanol–water partition coefficient (Wildman–Crippen LogP) is 3.28. The molecule has 0 N–H and O–H groups in total. The highest BCUT2D eigenvalue weighted by molar-refractivity contribution is 5.80. The highest BCUT2D eigenvalue weighted by Gasteiger charge is 2.31. The van der Waals surface area contributed by atoms with Crippen LogP contribution in [0.5, 0.6) is 0 Å². The summed E-state index contributed by atoms with van der Waals surface area (Å²) in [4.78, 5) is 16.1. The monoisotopic (exact) mass is 349 g/mol. The Hall–Kier alpha value is -2.60. The van der Waals surface area contributed by atoms with E-state index in [0.717, 1.165) is 41.6 Å². The topological polar surface area (TPSA) is 48.6 Å². The van der Waals surface area contributed by atoms with Gasteiger partial charge in [0.2, 0.25) is 0 Å². The van der Waals surface area contributed by atoms with Gasteiger partial charge < -0.3 is 19.1 Å². The SMILES string of the molecule is CN(c1cccnc1)c1ccc2oc(N3CCN4CCC3CC4)nc2c1. The van der Waals surface area contributed by atoms with Crippen molar-refractivity contribution in [3.8, 4) is 0 Å². The Labute approximate surface area is 153 Å². The van der Waals surface area contributed by atoms with Gasteiger partial charge in [-0.1, -0.05) is 0 Å². The molecule has 3 aliphatic rings. The third-order valence-electron chi connectivity index (χ3n) is 5.68. The van der Waals surface area contributed by atoms with Crippen LogP contribution in [0.15, 0.2) is 47.1 Å². The molecule has 0 saturated carbocycles. The third kappa shape index (κ3) is 2.70. The summed E-state index contributed by atoms with van der Waals surface area (Å²) in [7, 11) is 2.04. The molecule has 0 unspecified atom stereocenters. The van der Waals surface area contributed by atoms with Crippen LogP contribution in [0.2, 0.25) is 0 Å². The van der Waals surface area contributed by atoms with Crippen LogP contribution in [0, 0.1) is 0 Å². The number of nitrogens with zero attached hydrogens (tertiary/aromatic N) is 5. The smallest absolute Gasteiger partial charge is 0.298 e. The number of pyridine rings is 1. The van der Waals surface area contributed by atoms with E-state index in [0.29, 0.717) is 6.04 Å². The first-order valence-electron chi connectivity index (χ1n) is 9.31. The first kappa shape index (κ1) is 15.6. The van der Waals surface area contributed by atoms with Gasteiger partial charge in [-0.25, -0.2) is 0 Å². The van der Waals surface area contributed by atoms with Crippen molar-refractivity contribution in [3.05, 3.63) is 42.7 Å². The van der Waals surface area contributed by atoms with E-state index >= 15 is 0 Å². The maximum absolute atomic E-state index is 6.12. The summed E-state index contributed by atoms with van der Waals surface area (Å²) in [6.45, 7) is 4.49. The van der Waals surface area contributed by atoms with Gasteiger partial charge in [0.15, 0.2) is 5.58 Å². The standard InChI is InChI=1S/C20H23N5O/c1-23(17-3-2-8-21-14-17)16-4-5-19-18(13-16)22-20(26-19)25-12-11-24-9-6-15(25)7-10-24/h2-5,8,13-15H,6-7,9-12H2,1H3. The zero-order chi connectivity index (χ0) is 17.5. The summed E-state index contributed by atoms with van der Waals surface area (Å²) in [5.41, 5.74) is 3.89. The van der Waals surface area contributed by atoms with Crippen LogP contribution in [0.1, 0.15) is 12.8 Å². The molecule has 26 heavy (non-hydrogen) atoms. The third-order valence-corrected chi connectivity index (χ3v) is 5.68. The predicted molar refractivity (Wildman–Crippen MR) is 103 cm³/mol. The number of hydrogen-bond donors (Lipinski definition) is 0. The average molecular weight is 349 g/mol. The zero-order valence-corrected chi connectivity index (χ0v) is 15.0. The van der Waals surface area contributed by atoms with Gasteiger partial charge >= 0.3 is 0 Å². The molecule has 0 radical (unpaired) electrons. The van der Waals surface area contributed by atoms with Crippen molar-refractivity contribution in [1.82, 2.24) is 14.9 Å². The summed E-state index contributed by atoms with van der Waals surface area (Å²) < 4.78 is 6.12. The second-order valence-corrected chi connectivity index (χ2v) is 7.18. The molecule has 5 heterocycles. The van der Waals surface area contributed by atoms with Crippen molar-refractivity contribution in [2.75, 3.05) is 43.0 Å². The Morgan fingerprint density at radius 3 is 2.77 bits per heavy atom. The highest BCUT2D eigenvalue weighted by atomic mass is 16.4. The minimum atomic E-state index is 0.555. The largest absolute Gasteiger partial charge is 0.423 e. The Morgan fingerprint density at radius 2 is 1.96 bits per heavy atom. The molecule has 3 saturated heterocycles. The lowest BCUT2D eigenvalue weighted by Crippen LogP contribution is -2.38. The number of oxazole rings is 1. The van der Waals surface area contributed by atoms with Crippen LogP contribution in [0.25, 0.3) is 11.1 Å². The Morgan fingerprint density at radius 1 is 1.08 bits per heavy atom. The molecule has 6 nitrogen and oxygen atoms in total. The molecule has 6 heteroatoms. The van der Waals surface area contributed by atoms with E-state index in [2.05, 4.69) is 37.9 Å². The first-order valence-corrected chi connectivity index (χ1v) is 9.31. The summed E-state index contributed by atoms with van der Waals surface area (Å²) in [6, 6.07) is 11.5. The van der Waals surface area contributed by atoms with Crippen molar-refractivity contribution < 1.29 is 4.42 Å². The van der Waals surface area contributed by atoms with E-state index in [1.807, 2.05) is 25.4 Å². The lowest BCUT2D eigenvalue weighted by atomic mass is 10.1. The summed E-state index contributed by atoms with van der Waals surface area (Å²) in [5.74, 6) is 0. The second kappa shape index (κ2) is 6.29. The molecular formula is C20H23N5O. The van der Waals surface area contributed by atoms with Gasteiger partial charge in [-0.15, -0.1) is 0 Å². The molecule has 134 valence electrons. The number of fused-ring (bicyclic) bond motifs is 5. The molecule has 6 rings (SSSR count). The Balaban J connectivity index is 1.46. The lowest BCUT2D eigenvalue weighted by Gasteiger charge is -2.30. The van der Waals surface area contributed by atoms with E-state index in [-0.39, 0.29) is 0 Å². The molecule has 2 bridgehead atoms. The molecule has 3 aromatic rings. The van der Waals surface area contributed by atoms with Crippen LogP contribution in [0.4, 0.5) is 17.4 Å². The summed E-state index contributed by atoms with van der Waals surface area (Å²) in [5, 5.41) is 0. The maximum Gasteiger partial charge on any atom is 0.298 e. The van der Waals surface area contributed by atoms with Crippen molar-refractivity contribution in [1.29, 1.82) is 0 Å². The van der Waals surface area contributed by atoms with Crippen molar-refractivity contribution in [2.24, 2.45) is 0 Å². The highest BCUT2D eigenvalue weighted by Crippen LogP contribution is 2.31. The summed E-state index contributed by atoms with van der Waals surface area (Å²) >= 11 is 0. The van der Waals surface area contributed by atoms with Gasteiger partial charge in [0.05, 0.1) is 11.9 Å². The Bertz CT molecular complexity index is 901. The van der Waals surface area contributed by atoms with Gasteiger partial charge in [0, 0.05) is 51.2 Å². The quantitative estimate of drug-likeness (QED) is 0.723. The van der Waals surface area contributed by atoms with Crippen LogP contribution in [0.3, 0.4) is 0 Å². The van der Waals surface area contributed by atoms with E-state index in [4.69, 9.17) is 9.40 Å². The minimum absolute atomic E-state index is 0.555. The van der Waals surface area contributed by atoms with E-state index in [1.54, 1.807) is 6.20 Å². The molecule has 0 atom stereocenters. The van der Waals surface area contributed by atoms with Gasteiger partial charge in [-0.2, -0.15) is 4.98 Å². The van der Waals surface area contributed by atoms with Crippen LogP contribution < -0.4 is 9.80 Å². The average Bonchev–Trinajstić information content (AvgIpc) is 2.88. The van der Waals surface area contributed by atoms with Gasteiger partial charge in [0.1, 0.15) is 5.52 Å². The Kier molecular flexibility index (Phi) is 3.78. The summed E-state index contributed by atoms with van der Waals surface area (Å²) in [6.07, 6.45) is 6.05. The number of aromatic nitrogens is 2.